The van der Waals surface area contributed by atoms with Gasteiger partial charge in [-0.2, -0.15) is 14.3 Å². The molecule has 1 aromatic heterocycles. The molecule has 2 unspecified atom stereocenters. The Labute approximate surface area is 144 Å². The van der Waals surface area contributed by atoms with E-state index in [0.29, 0.717) is 0 Å². The maximum Gasteiger partial charge on any atom is 0.499 e. The van der Waals surface area contributed by atoms with Crippen LogP contribution in [0, 0.1) is 5.92 Å². The lowest BCUT2D eigenvalue weighted by atomic mass is 9.95. The van der Waals surface area contributed by atoms with E-state index < -0.39 is 48.3 Å². The fourth-order valence-electron chi connectivity index (χ4n) is 2.69. The molecule has 25 heavy (non-hydrogen) atoms. The zero-order chi connectivity index (χ0) is 18.9. The lowest BCUT2D eigenvalue weighted by Gasteiger charge is -2.29. The van der Waals surface area contributed by atoms with E-state index in [1.165, 1.54) is 19.2 Å². The maximum absolute atomic E-state index is 12.2. The average molecular weight is 357 g/mol. The number of nitrogens with zero attached hydrogens (tertiary/aromatic N) is 1. The molecule has 1 aliphatic heterocycles. The molecule has 1 aliphatic rings. The summed E-state index contributed by atoms with van der Waals surface area (Å²) in [6.45, 7) is 4.35. The number of rotatable bonds is 5. The Balaban J connectivity index is 2.32. The molecule has 1 saturated heterocycles. The summed E-state index contributed by atoms with van der Waals surface area (Å²) in [6.07, 6.45) is -2.08. The van der Waals surface area contributed by atoms with Crippen molar-refractivity contribution in [3.05, 3.63) is 22.7 Å². The molecule has 1 fully saturated rings. The first-order chi connectivity index (χ1) is 11.6. The van der Waals surface area contributed by atoms with Crippen molar-refractivity contribution in [2.45, 2.75) is 50.8 Å². The Morgan fingerprint density at radius 1 is 1.56 bits per heavy atom. The number of aliphatic hydroxyl groups excluding tert-OH is 1. The third-order valence-electron chi connectivity index (χ3n) is 4.28. The van der Waals surface area contributed by atoms with E-state index in [2.05, 4.69) is 4.98 Å². The standard InChI is InChI=1S/C15H24N4O6/c1-7(2)10(17)12(21)25-11-8(6-20)24-13(15(11,3)23)19-5-4-9(16)18-14(19)22/h4-5,7-8,10-11,13,20,23H,6,17H2,1-3H3,(H2,16,18,22)/p+1/t8-,10?,11+,13-,15?/m1/s1. The third-order valence-corrected chi connectivity index (χ3v) is 4.28. The quantitative estimate of drug-likeness (QED) is 0.292. The maximum atomic E-state index is 12.2. The van der Waals surface area contributed by atoms with Crippen molar-refractivity contribution in [1.82, 2.24) is 4.98 Å². The molecule has 10 nitrogen and oxygen atoms in total. The number of nitrogen functional groups attached to an aromatic ring is 1. The second-order valence-electron chi connectivity index (χ2n) is 6.67. The molecule has 7 N–H and O–H groups in total. The fraction of sp³-hybridized carbons (Fsp3) is 0.667. The van der Waals surface area contributed by atoms with E-state index in [-0.39, 0.29) is 11.7 Å². The molecule has 5 atom stereocenters. The summed E-state index contributed by atoms with van der Waals surface area (Å²) >= 11 is 0. The second-order valence-corrected chi connectivity index (χ2v) is 6.67. The number of nitrogens with two attached hydrogens (primary N) is 2. The predicted octanol–water partition coefficient (Wildman–Crippen LogP) is -2.22. The topological polar surface area (TPSA) is 165 Å². The lowest BCUT2D eigenvalue weighted by Crippen LogP contribution is -2.62. The number of aliphatic hydroxyl groups is 2. The van der Waals surface area contributed by atoms with Gasteiger partial charge < -0.3 is 31.2 Å². The highest BCUT2D eigenvalue weighted by Gasteiger charge is 2.58. The summed E-state index contributed by atoms with van der Waals surface area (Å²) in [6, 6.07) is 0.532. The number of ether oxygens (including phenoxy) is 2. The zero-order valence-corrected chi connectivity index (χ0v) is 14.4. The van der Waals surface area contributed by atoms with Gasteiger partial charge in [-0.3, -0.25) is 4.79 Å². The highest BCUT2D eigenvalue weighted by atomic mass is 16.6. The SMILES string of the molecule is CC(C)C(N)C(=O)O[C@H]1[C@@H](CO)O[C@@H]([n+]2ccc(N)[nH]c2=O)C1(C)O. The van der Waals surface area contributed by atoms with Crippen molar-refractivity contribution < 1.29 is 29.0 Å². The highest BCUT2D eigenvalue weighted by molar-refractivity contribution is 5.76. The Morgan fingerprint density at radius 2 is 2.20 bits per heavy atom. The average Bonchev–Trinajstić information content (AvgIpc) is 2.77. The van der Waals surface area contributed by atoms with Gasteiger partial charge in [0.05, 0.1) is 6.61 Å². The number of carbonyl (C=O) groups excluding carboxylic acids is 1. The molecule has 0 spiro atoms. The normalized spacial score (nSPS) is 30.4. The number of carbonyl (C=O) groups is 1. The van der Waals surface area contributed by atoms with Gasteiger partial charge in [0.15, 0.2) is 17.5 Å². The minimum Gasteiger partial charge on any atom is -0.455 e. The number of hydrogen-bond donors (Lipinski definition) is 5. The highest BCUT2D eigenvalue weighted by Crippen LogP contribution is 2.36. The largest absolute Gasteiger partial charge is 0.499 e. The predicted molar refractivity (Wildman–Crippen MR) is 86.0 cm³/mol. The lowest BCUT2D eigenvalue weighted by molar-refractivity contribution is -0.786. The molecule has 0 aliphatic carbocycles. The van der Waals surface area contributed by atoms with Gasteiger partial charge in [-0.1, -0.05) is 13.8 Å². The summed E-state index contributed by atoms with van der Waals surface area (Å²) in [4.78, 5) is 26.6. The van der Waals surface area contributed by atoms with E-state index in [0.717, 1.165) is 4.57 Å². The fourth-order valence-corrected chi connectivity index (χ4v) is 2.69. The van der Waals surface area contributed by atoms with E-state index in [9.17, 15) is 19.8 Å². The number of aromatic nitrogens is 2. The van der Waals surface area contributed by atoms with Crippen LogP contribution in [0.1, 0.15) is 27.0 Å². The molecule has 0 radical (unpaired) electrons. The molecular weight excluding hydrogens is 332 g/mol. The van der Waals surface area contributed by atoms with Gasteiger partial charge in [0.25, 0.3) is 0 Å². The van der Waals surface area contributed by atoms with Crippen LogP contribution in [-0.2, 0) is 14.3 Å². The van der Waals surface area contributed by atoms with E-state index in [1.54, 1.807) is 13.8 Å². The number of H-pyrrole nitrogens is 1. The second kappa shape index (κ2) is 7.08. The Hall–Kier alpha value is -2.01. The van der Waals surface area contributed by atoms with Crippen molar-refractivity contribution in [1.29, 1.82) is 0 Å². The van der Waals surface area contributed by atoms with Crippen LogP contribution < -0.4 is 21.7 Å². The number of anilines is 1. The van der Waals surface area contributed by atoms with E-state index in [4.69, 9.17) is 20.9 Å². The van der Waals surface area contributed by atoms with Gasteiger partial charge in [-0.25, -0.2) is 0 Å². The number of aromatic amines is 1. The Morgan fingerprint density at radius 3 is 2.72 bits per heavy atom. The Bertz CT molecular complexity index is 689. The van der Waals surface area contributed by atoms with Crippen molar-refractivity contribution in [3.63, 3.8) is 0 Å². The smallest absolute Gasteiger partial charge is 0.455 e. The molecule has 1 aromatic rings. The number of esters is 1. The summed E-state index contributed by atoms with van der Waals surface area (Å²) in [5.74, 6) is -0.750. The van der Waals surface area contributed by atoms with Gasteiger partial charge in [-0.15, -0.1) is 0 Å². The number of hydrogen-bond acceptors (Lipinski definition) is 8. The zero-order valence-electron chi connectivity index (χ0n) is 14.4. The molecule has 140 valence electrons. The van der Waals surface area contributed by atoms with Crippen LogP contribution in [-0.4, -0.2) is 51.6 Å². The minimum absolute atomic E-state index is 0.142. The van der Waals surface area contributed by atoms with Crippen LogP contribution in [0.15, 0.2) is 17.1 Å². The summed E-state index contributed by atoms with van der Waals surface area (Å²) < 4.78 is 12.0. The summed E-state index contributed by atoms with van der Waals surface area (Å²) in [5.41, 5.74) is 8.87. The van der Waals surface area contributed by atoms with Crippen LogP contribution >= 0.6 is 0 Å². The van der Waals surface area contributed by atoms with Crippen molar-refractivity contribution >= 4 is 11.8 Å². The first-order valence-corrected chi connectivity index (χ1v) is 7.94. The van der Waals surface area contributed by atoms with Gasteiger partial charge in [-0.05, 0) is 12.8 Å². The molecule has 0 bridgehead atoms. The van der Waals surface area contributed by atoms with Crippen LogP contribution in [0.5, 0.6) is 0 Å². The van der Waals surface area contributed by atoms with Gasteiger partial charge in [0.2, 0.25) is 6.23 Å². The van der Waals surface area contributed by atoms with Crippen molar-refractivity contribution in [2.24, 2.45) is 11.7 Å². The monoisotopic (exact) mass is 357 g/mol. The molecule has 0 aromatic carbocycles. The van der Waals surface area contributed by atoms with Crippen LogP contribution in [0.4, 0.5) is 5.82 Å². The van der Waals surface area contributed by atoms with Crippen LogP contribution in [0.25, 0.3) is 0 Å². The minimum atomic E-state index is -1.78. The Kier molecular flexibility index (Phi) is 5.47. The van der Waals surface area contributed by atoms with E-state index >= 15 is 0 Å². The molecule has 0 amide bonds. The first kappa shape index (κ1) is 19.3. The summed E-state index contributed by atoms with van der Waals surface area (Å²) in [5, 5.41) is 20.4. The molecule has 2 heterocycles. The van der Waals surface area contributed by atoms with E-state index in [1.807, 2.05) is 0 Å². The number of nitrogens with one attached hydrogen (secondary N) is 1. The third kappa shape index (κ3) is 3.66. The van der Waals surface area contributed by atoms with Gasteiger partial charge >= 0.3 is 11.7 Å². The van der Waals surface area contributed by atoms with Crippen LogP contribution in [0.3, 0.4) is 0 Å². The van der Waals surface area contributed by atoms with Crippen molar-refractivity contribution in [2.75, 3.05) is 12.3 Å². The van der Waals surface area contributed by atoms with Gasteiger partial charge in [0.1, 0.15) is 18.3 Å². The van der Waals surface area contributed by atoms with Gasteiger partial charge in [0, 0.05) is 6.07 Å². The molecular formula is C15H25N4O6+. The van der Waals surface area contributed by atoms with Crippen molar-refractivity contribution in [3.8, 4) is 0 Å². The molecule has 0 saturated carbocycles. The molecule has 10 heteroatoms. The van der Waals surface area contributed by atoms with Crippen LogP contribution in [0.2, 0.25) is 0 Å². The first-order valence-electron chi connectivity index (χ1n) is 7.94. The molecule has 2 rings (SSSR count). The summed E-state index contributed by atoms with van der Waals surface area (Å²) in [7, 11) is 0.